The monoisotopic (exact) mass is 342 g/mol. The molecule has 2 fully saturated rings. The molecule has 1 amide bonds. The summed E-state index contributed by atoms with van der Waals surface area (Å²) < 4.78 is 44.1. The van der Waals surface area contributed by atoms with Gasteiger partial charge in [-0.15, -0.1) is 0 Å². The van der Waals surface area contributed by atoms with Crippen molar-refractivity contribution in [2.24, 2.45) is 11.8 Å². The maximum absolute atomic E-state index is 12.9. The third-order valence-corrected chi connectivity index (χ3v) is 4.98. The van der Waals surface area contributed by atoms with Gasteiger partial charge in [-0.25, -0.2) is 0 Å². The molecule has 0 aromatic heterocycles. The molecule has 0 aliphatic carbocycles. The van der Waals surface area contributed by atoms with Crippen molar-refractivity contribution in [3.05, 3.63) is 29.3 Å². The topological polar surface area (TPSA) is 41.6 Å². The zero-order valence-corrected chi connectivity index (χ0v) is 13.5. The van der Waals surface area contributed by atoms with Gasteiger partial charge in [-0.1, -0.05) is 0 Å². The van der Waals surface area contributed by atoms with Crippen LogP contribution in [0.5, 0.6) is 0 Å². The largest absolute Gasteiger partial charge is 0.416 e. The van der Waals surface area contributed by atoms with E-state index in [1.165, 1.54) is 6.07 Å². The number of nitrogens with zero attached hydrogens (tertiary/aromatic N) is 1. The van der Waals surface area contributed by atoms with Crippen LogP contribution in [0.1, 0.15) is 28.8 Å². The molecule has 1 N–H and O–H groups in total. The molecule has 2 heterocycles. The van der Waals surface area contributed by atoms with Crippen LogP contribution >= 0.6 is 0 Å². The lowest BCUT2D eigenvalue weighted by atomic mass is 9.80. The molecule has 2 aliphatic heterocycles. The standard InChI is InChI=1S/C17H21F3N2O2/c1-21-15-3-2-13(17(18,19)20)8-14(15)16(23)22-9-12(10-22)11-4-6-24-7-5-11/h2-3,8,11-12,21H,4-7,9-10H2,1H3. The predicted octanol–water partition coefficient (Wildman–Crippen LogP) is 3.25. The molecule has 0 bridgehead atoms. The number of rotatable bonds is 3. The quantitative estimate of drug-likeness (QED) is 0.917. The first-order chi connectivity index (χ1) is 11.4. The summed E-state index contributed by atoms with van der Waals surface area (Å²) in [6, 6.07) is 3.24. The first-order valence-corrected chi connectivity index (χ1v) is 8.16. The first kappa shape index (κ1) is 17.1. The van der Waals surface area contributed by atoms with Crippen molar-refractivity contribution in [1.29, 1.82) is 0 Å². The number of alkyl halides is 3. The van der Waals surface area contributed by atoms with Crippen LogP contribution in [0.3, 0.4) is 0 Å². The molecule has 0 radical (unpaired) electrons. The minimum absolute atomic E-state index is 0.0813. The van der Waals surface area contributed by atoms with E-state index in [2.05, 4.69) is 5.32 Å². The minimum Gasteiger partial charge on any atom is -0.387 e. The number of nitrogens with one attached hydrogen (secondary N) is 1. The lowest BCUT2D eigenvalue weighted by Gasteiger charge is -2.44. The minimum atomic E-state index is -4.46. The average molecular weight is 342 g/mol. The highest BCUT2D eigenvalue weighted by atomic mass is 19.4. The van der Waals surface area contributed by atoms with Crippen LogP contribution in [-0.4, -0.2) is 44.2 Å². The third kappa shape index (κ3) is 3.36. The summed E-state index contributed by atoms with van der Waals surface area (Å²) in [5.74, 6) is 0.642. The van der Waals surface area contributed by atoms with Gasteiger partial charge in [-0.3, -0.25) is 4.79 Å². The Hall–Kier alpha value is -1.76. The van der Waals surface area contributed by atoms with Crippen molar-refractivity contribution in [3.8, 4) is 0 Å². The third-order valence-electron chi connectivity index (χ3n) is 4.98. The van der Waals surface area contributed by atoms with Crippen LogP contribution < -0.4 is 5.32 Å². The number of ether oxygens (including phenoxy) is 1. The van der Waals surface area contributed by atoms with Crippen molar-refractivity contribution in [3.63, 3.8) is 0 Å². The summed E-state index contributed by atoms with van der Waals surface area (Å²) in [5.41, 5.74) is -0.299. The van der Waals surface area contributed by atoms with E-state index in [9.17, 15) is 18.0 Å². The van der Waals surface area contributed by atoms with Crippen molar-refractivity contribution >= 4 is 11.6 Å². The van der Waals surface area contributed by atoms with E-state index in [0.717, 1.165) is 38.2 Å². The number of likely N-dealkylation sites (tertiary alicyclic amines) is 1. The van der Waals surface area contributed by atoms with Crippen LogP contribution in [0.2, 0.25) is 0 Å². The van der Waals surface area contributed by atoms with Gasteiger partial charge in [-0.05, 0) is 42.9 Å². The molecule has 2 saturated heterocycles. The van der Waals surface area contributed by atoms with Gasteiger partial charge in [0.15, 0.2) is 0 Å². The van der Waals surface area contributed by atoms with E-state index in [1.807, 2.05) is 0 Å². The molecule has 1 aromatic carbocycles. The lowest BCUT2D eigenvalue weighted by Crippen LogP contribution is -2.53. The summed E-state index contributed by atoms with van der Waals surface area (Å²) in [6.07, 6.45) is -2.46. The smallest absolute Gasteiger partial charge is 0.387 e. The number of hydrogen-bond acceptors (Lipinski definition) is 3. The second-order valence-corrected chi connectivity index (χ2v) is 6.43. The summed E-state index contributed by atoms with van der Waals surface area (Å²) in [5, 5.41) is 2.80. The molecule has 24 heavy (non-hydrogen) atoms. The lowest BCUT2D eigenvalue weighted by molar-refractivity contribution is -0.137. The van der Waals surface area contributed by atoms with Gasteiger partial charge < -0.3 is 15.0 Å². The Kier molecular flexibility index (Phi) is 4.71. The van der Waals surface area contributed by atoms with E-state index in [4.69, 9.17) is 4.74 Å². The van der Waals surface area contributed by atoms with Gasteiger partial charge in [0.1, 0.15) is 0 Å². The molecule has 2 aliphatic rings. The van der Waals surface area contributed by atoms with Gasteiger partial charge in [-0.2, -0.15) is 13.2 Å². The van der Waals surface area contributed by atoms with Gasteiger partial charge in [0.05, 0.1) is 11.1 Å². The zero-order chi connectivity index (χ0) is 17.3. The second-order valence-electron chi connectivity index (χ2n) is 6.43. The Morgan fingerprint density at radius 2 is 1.88 bits per heavy atom. The average Bonchev–Trinajstić information content (AvgIpc) is 2.53. The van der Waals surface area contributed by atoms with Gasteiger partial charge in [0.2, 0.25) is 0 Å². The number of anilines is 1. The van der Waals surface area contributed by atoms with Crippen molar-refractivity contribution in [1.82, 2.24) is 4.90 Å². The highest BCUT2D eigenvalue weighted by Gasteiger charge is 2.38. The molecule has 0 atom stereocenters. The van der Waals surface area contributed by atoms with E-state index in [-0.39, 0.29) is 11.5 Å². The number of hydrogen-bond donors (Lipinski definition) is 1. The Labute approximate surface area is 139 Å². The Bertz CT molecular complexity index is 606. The molecule has 7 heteroatoms. The maximum Gasteiger partial charge on any atom is 0.416 e. The SMILES string of the molecule is CNc1ccc(C(F)(F)F)cc1C(=O)N1CC(C2CCOCC2)C1. The molecule has 0 spiro atoms. The number of amides is 1. The molecule has 4 nitrogen and oxygen atoms in total. The number of carbonyl (C=O) groups is 1. The van der Waals surface area contributed by atoms with Crippen molar-refractivity contribution in [2.45, 2.75) is 19.0 Å². The highest BCUT2D eigenvalue weighted by Crippen LogP contribution is 2.35. The van der Waals surface area contributed by atoms with E-state index < -0.39 is 11.7 Å². The van der Waals surface area contributed by atoms with Crippen molar-refractivity contribution in [2.75, 3.05) is 38.7 Å². The summed E-state index contributed by atoms with van der Waals surface area (Å²) in [7, 11) is 1.60. The molecule has 0 unspecified atom stereocenters. The number of halogens is 3. The molecule has 1 aromatic rings. The van der Waals surface area contributed by atoms with Gasteiger partial charge >= 0.3 is 6.18 Å². The fourth-order valence-corrected chi connectivity index (χ4v) is 3.45. The fraction of sp³-hybridized carbons (Fsp3) is 0.588. The van der Waals surface area contributed by atoms with Crippen LogP contribution in [-0.2, 0) is 10.9 Å². The Morgan fingerprint density at radius 1 is 1.21 bits per heavy atom. The first-order valence-electron chi connectivity index (χ1n) is 8.16. The fourth-order valence-electron chi connectivity index (χ4n) is 3.45. The normalized spacial score (nSPS) is 19.9. The molecular formula is C17H21F3N2O2. The molecule has 0 saturated carbocycles. The number of benzene rings is 1. The van der Waals surface area contributed by atoms with Crippen LogP contribution in [0.4, 0.5) is 18.9 Å². The van der Waals surface area contributed by atoms with E-state index in [1.54, 1.807) is 11.9 Å². The summed E-state index contributed by atoms with van der Waals surface area (Å²) in [6.45, 7) is 2.74. The Morgan fingerprint density at radius 3 is 2.46 bits per heavy atom. The Balaban J connectivity index is 1.71. The molecule has 3 rings (SSSR count). The van der Waals surface area contributed by atoms with E-state index in [0.29, 0.717) is 30.6 Å². The zero-order valence-electron chi connectivity index (χ0n) is 13.5. The van der Waals surface area contributed by atoms with Gasteiger partial charge in [0.25, 0.3) is 5.91 Å². The molecule has 132 valence electrons. The highest BCUT2D eigenvalue weighted by molar-refractivity contribution is 6.00. The van der Waals surface area contributed by atoms with Crippen LogP contribution in [0.25, 0.3) is 0 Å². The van der Waals surface area contributed by atoms with E-state index >= 15 is 0 Å². The maximum atomic E-state index is 12.9. The van der Waals surface area contributed by atoms with Crippen molar-refractivity contribution < 1.29 is 22.7 Å². The second kappa shape index (κ2) is 6.63. The number of carbonyl (C=O) groups excluding carboxylic acids is 1. The summed E-state index contributed by atoms with van der Waals surface area (Å²) >= 11 is 0. The molecular weight excluding hydrogens is 321 g/mol. The van der Waals surface area contributed by atoms with Gasteiger partial charge in [0, 0.05) is 39.0 Å². The predicted molar refractivity (Wildman–Crippen MR) is 83.9 cm³/mol. The van der Waals surface area contributed by atoms with Crippen LogP contribution in [0, 0.1) is 11.8 Å². The summed E-state index contributed by atoms with van der Waals surface area (Å²) in [4.78, 5) is 14.2. The van der Waals surface area contributed by atoms with Crippen LogP contribution in [0.15, 0.2) is 18.2 Å².